The molecule has 2 aliphatic rings. The molecule has 2 N–H and O–H groups in total. The molecule has 0 saturated carbocycles. The summed E-state index contributed by atoms with van der Waals surface area (Å²) in [4.78, 5) is 17.4. The number of carbonyl (C=O) groups is 1. The minimum Gasteiger partial charge on any atom is -0.443 e. The van der Waals surface area contributed by atoms with E-state index in [1.165, 1.54) is 21.7 Å². The van der Waals surface area contributed by atoms with Crippen molar-refractivity contribution in [1.29, 1.82) is 0 Å². The molecule has 2 fully saturated rings. The van der Waals surface area contributed by atoms with Crippen molar-refractivity contribution in [3.8, 4) is 0 Å². The molecule has 2 saturated heterocycles. The highest BCUT2D eigenvalue weighted by molar-refractivity contribution is 7.89. The zero-order valence-corrected chi connectivity index (χ0v) is 24.1. The van der Waals surface area contributed by atoms with Gasteiger partial charge in [0.1, 0.15) is 6.10 Å². The average Bonchev–Trinajstić information content (AvgIpc) is 3.66. The van der Waals surface area contributed by atoms with Crippen molar-refractivity contribution in [3.63, 3.8) is 0 Å². The summed E-state index contributed by atoms with van der Waals surface area (Å²) < 4.78 is 46.4. The fraction of sp³-hybridized carbons (Fsp3) is 0.500. The Bertz CT molecular complexity index is 1400. The Labute approximate surface area is 238 Å². The van der Waals surface area contributed by atoms with Gasteiger partial charge in [-0.05, 0) is 42.5 Å². The van der Waals surface area contributed by atoms with Gasteiger partial charge in [0.25, 0.3) is 0 Å². The molecule has 1 amide bonds. The van der Waals surface area contributed by atoms with E-state index in [0.29, 0.717) is 6.61 Å². The maximum atomic E-state index is 13.8. The van der Waals surface area contributed by atoms with Gasteiger partial charge in [-0.15, -0.1) is 11.3 Å². The van der Waals surface area contributed by atoms with Crippen molar-refractivity contribution in [2.24, 2.45) is 11.8 Å². The van der Waals surface area contributed by atoms with Gasteiger partial charge >= 0.3 is 6.09 Å². The van der Waals surface area contributed by atoms with Crippen LogP contribution >= 0.6 is 11.3 Å². The lowest BCUT2D eigenvalue weighted by Gasteiger charge is -2.31. The third-order valence-electron chi connectivity index (χ3n) is 7.21. The van der Waals surface area contributed by atoms with Gasteiger partial charge in [0, 0.05) is 13.1 Å². The molecule has 3 aromatic rings. The average molecular weight is 590 g/mol. The second-order valence-electron chi connectivity index (χ2n) is 10.7. The monoisotopic (exact) mass is 589 g/mol. The molecule has 0 unspecified atom stereocenters. The molecule has 2 aliphatic heterocycles. The van der Waals surface area contributed by atoms with Crippen molar-refractivity contribution in [1.82, 2.24) is 14.6 Å². The predicted molar refractivity (Wildman–Crippen MR) is 150 cm³/mol. The van der Waals surface area contributed by atoms with Gasteiger partial charge in [-0.25, -0.2) is 18.2 Å². The highest BCUT2D eigenvalue weighted by Gasteiger charge is 2.44. The minimum atomic E-state index is -3.95. The first-order valence-electron chi connectivity index (χ1n) is 13.5. The Morgan fingerprint density at radius 2 is 2.00 bits per heavy atom. The fourth-order valence-electron chi connectivity index (χ4n) is 5.18. The van der Waals surface area contributed by atoms with Gasteiger partial charge in [-0.2, -0.15) is 4.31 Å². The maximum absolute atomic E-state index is 13.8. The van der Waals surface area contributed by atoms with Crippen LogP contribution in [0.2, 0.25) is 0 Å². The Hall–Kier alpha value is -2.61. The summed E-state index contributed by atoms with van der Waals surface area (Å²) >= 11 is 1.37. The van der Waals surface area contributed by atoms with Gasteiger partial charge in [-0.3, -0.25) is 0 Å². The molecule has 1 aromatic heterocycles. The van der Waals surface area contributed by atoms with E-state index in [9.17, 15) is 18.3 Å². The molecule has 2 aromatic carbocycles. The second kappa shape index (κ2) is 12.5. The van der Waals surface area contributed by atoms with Gasteiger partial charge in [0.2, 0.25) is 10.0 Å². The van der Waals surface area contributed by atoms with Crippen molar-refractivity contribution in [3.05, 3.63) is 59.6 Å². The summed E-state index contributed by atoms with van der Waals surface area (Å²) in [6.07, 6.45) is -1.67. The molecule has 12 heteroatoms. The number of fused-ring (bicyclic) bond motifs is 2. The lowest BCUT2D eigenvalue weighted by molar-refractivity contribution is -0.0907. The summed E-state index contributed by atoms with van der Waals surface area (Å²) in [6, 6.07) is 13.5. The van der Waals surface area contributed by atoms with E-state index in [4.69, 9.17) is 14.2 Å². The van der Waals surface area contributed by atoms with Crippen LogP contribution in [0.25, 0.3) is 10.2 Å². The zero-order valence-electron chi connectivity index (χ0n) is 22.5. The summed E-state index contributed by atoms with van der Waals surface area (Å²) in [5.74, 6) is -0.0191. The molecule has 5 atom stereocenters. The zero-order chi connectivity index (χ0) is 28.3. The summed E-state index contributed by atoms with van der Waals surface area (Å²) in [5.41, 5.74) is 3.29. The predicted octanol–water partition coefficient (Wildman–Crippen LogP) is 3.40. The summed E-state index contributed by atoms with van der Waals surface area (Å²) in [5, 5.41) is 14.2. The SMILES string of the molecule is CC(C)CN(C[C@@H](O)[C@H](Cc1ccccc1)NC(=O)O[C@H]1CO[C@H]2OCC[C@H]21)S(=O)(=O)c1ccc2ncsc2c1. The second-order valence-corrected chi connectivity index (χ2v) is 13.5. The molecule has 216 valence electrons. The number of amides is 1. The van der Waals surface area contributed by atoms with Crippen LogP contribution < -0.4 is 5.32 Å². The number of ether oxygens (including phenoxy) is 3. The minimum absolute atomic E-state index is 0.00329. The molecule has 0 radical (unpaired) electrons. The van der Waals surface area contributed by atoms with Crippen LogP contribution in [-0.4, -0.2) is 79.7 Å². The number of nitrogens with zero attached hydrogens (tertiary/aromatic N) is 2. The first-order chi connectivity index (χ1) is 19.2. The third kappa shape index (κ3) is 6.64. The molecule has 10 nitrogen and oxygen atoms in total. The van der Waals surface area contributed by atoms with E-state index < -0.39 is 34.4 Å². The smallest absolute Gasteiger partial charge is 0.407 e. The molecule has 0 aliphatic carbocycles. The van der Waals surface area contributed by atoms with E-state index in [1.807, 2.05) is 44.2 Å². The molecule has 40 heavy (non-hydrogen) atoms. The van der Waals surface area contributed by atoms with Crippen LogP contribution in [0.4, 0.5) is 4.79 Å². The van der Waals surface area contributed by atoms with Crippen molar-refractivity contribution >= 4 is 37.7 Å². The quantitative estimate of drug-likeness (QED) is 0.349. The van der Waals surface area contributed by atoms with Gasteiger partial charge < -0.3 is 24.6 Å². The van der Waals surface area contributed by atoms with E-state index in [-0.39, 0.29) is 49.1 Å². The van der Waals surface area contributed by atoms with Crippen LogP contribution in [0, 0.1) is 11.8 Å². The topological polar surface area (TPSA) is 127 Å². The molecular formula is C28H35N3O7S2. The molecule has 3 heterocycles. The van der Waals surface area contributed by atoms with Crippen LogP contribution in [0.1, 0.15) is 25.8 Å². The van der Waals surface area contributed by atoms with Gasteiger partial charge in [0.05, 0.1) is 51.9 Å². The van der Waals surface area contributed by atoms with Crippen molar-refractivity contribution in [2.45, 2.75) is 56.1 Å². The fourth-order valence-corrected chi connectivity index (χ4v) is 7.62. The van der Waals surface area contributed by atoms with E-state index >= 15 is 0 Å². The summed E-state index contributed by atoms with van der Waals surface area (Å²) in [7, 11) is -3.95. The number of hydrogen-bond acceptors (Lipinski definition) is 9. The van der Waals surface area contributed by atoms with E-state index in [1.54, 1.807) is 17.6 Å². The Morgan fingerprint density at radius 3 is 2.77 bits per heavy atom. The Balaban J connectivity index is 1.34. The third-order valence-corrected chi connectivity index (χ3v) is 9.83. The Kier molecular flexibility index (Phi) is 9.03. The van der Waals surface area contributed by atoms with Crippen molar-refractivity contribution < 1.29 is 32.5 Å². The number of thiazole rings is 1. The van der Waals surface area contributed by atoms with Crippen LogP contribution in [0.3, 0.4) is 0 Å². The van der Waals surface area contributed by atoms with Crippen LogP contribution in [-0.2, 0) is 30.7 Å². The highest BCUT2D eigenvalue weighted by Crippen LogP contribution is 2.33. The molecule has 5 rings (SSSR count). The van der Waals surface area contributed by atoms with E-state index in [2.05, 4.69) is 10.3 Å². The first kappa shape index (κ1) is 28.9. The number of aromatic nitrogens is 1. The number of carbonyl (C=O) groups excluding carboxylic acids is 1. The lowest BCUT2D eigenvalue weighted by atomic mass is 10.0. The van der Waals surface area contributed by atoms with Gasteiger partial charge in [-0.1, -0.05) is 44.2 Å². The maximum Gasteiger partial charge on any atom is 0.407 e. The molecule has 0 spiro atoms. The first-order valence-corrected chi connectivity index (χ1v) is 15.8. The number of benzene rings is 2. The van der Waals surface area contributed by atoms with Crippen LogP contribution in [0.15, 0.2) is 58.9 Å². The number of aliphatic hydroxyl groups excluding tert-OH is 1. The number of hydrogen-bond donors (Lipinski definition) is 2. The van der Waals surface area contributed by atoms with Gasteiger partial charge in [0.15, 0.2) is 6.29 Å². The number of alkyl carbamates (subject to hydrolysis) is 1. The largest absolute Gasteiger partial charge is 0.443 e. The molecular weight excluding hydrogens is 554 g/mol. The number of sulfonamides is 1. The van der Waals surface area contributed by atoms with Crippen molar-refractivity contribution in [2.75, 3.05) is 26.3 Å². The number of rotatable bonds is 11. The standard InChI is InChI=1S/C28H35N3O7S2/c1-18(2)14-31(40(34,35)20-8-9-22-26(13-20)39-17-29-22)15-24(32)23(12-19-6-4-3-5-7-19)30-28(33)38-25-16-37-27-21(25)10-11-36-27/h3-9,13,17-18,21,23-25,27,32H,10-12,14-16H2,1-2H3,(H,30,33)/t21-,23-,24+,25-,27+/m0/s1. The number of aliphatic hydroxyl groups is 1. The lowest BCUT2D eigenvalue weighted by Crippen LogP contribution is -2.51. The Morgan fingerprint density at radius 1 is 1.20 bits per heavy atom. The van der Waals surface area contributed by atoms with E-state index in [0.717, 1.165) is 22.2 Å². The highest BCUT2D eigenvalue weighted by atomic mass is 32.2. The molecule has 0 bridgehead atoms. The number of nitrogens with one attached hydrogen (secondary N) is 1. The normalized spacial score (nSPS) is 22.5. The summed E-state index contributed by atoms with van der Waals surface area (Å²) in [6.45, 7) is 4.64. The van der Waals surface area contributed by atoms with Crippen LogP contribution in [0.5, 0.6) is 0 Å².